The van der Waals surface area contributed by atoms with E-state index in [1.165, 1.54) is 4.90 Å². The molecular weight excluding hydrogens is 294 g/mol. The van der Waals surface area contributed by atoms with Crippen molar-refractivity contribution in [3.63, 3.8) is 0 Å². The minimum Gasteiger partial charge on any atom is -0.491 e. The quantitative estimate of drug-likeness (QED) is 0.664. The number of ether oxygens (including phenoxy) is 3. The first-order valence-electron chi connectivity index (χ1n) is 7.29. The fourth-order valence-electron chi connectivity index (χ4n) is 2.22. The fourth-order valence-corrected chi connectivity index (χ4v) is 2.35. The van der Waals surface area contributed by atoms with Crippen molar-refractivity contribution in [3.8, 4) is 5.75 Å². The molecule has 5 nitrogen and oxygen atoms in total. The van der Waals surface area contributed by atoms with Crippen molar-refractivity contribution in [1.29, 1.82) is 0 Å². The van der Waals surface area contributed by atoms with Crippen LogP contribution in [0.25, 0.3) is 0 Å². The van der Waals surface area contributed by atoms with Crippen LogP contribution in [-0.4, -0.2) is 63.9 Å². The topological polar surface area (TPSA) is 52.4 Å². The lowest BCUT2D eigenvalue weighted by Crippen LogP contribution is -3.15. The Morgan fingerprint density at radius 2 is 1.90 bits per heavy atom. The van der Waals surface area contributed by atoms with Crippen LogP contribution < -0.4 is 9.64 Å². The Kier molecular flexibility index (Phi) is 7.26. The molecule has 0 aromatic heterocycles. The van der Waals surface area contributed by atoms with Gasteiger partial charge in [-0.05, 0) is 24.3 Å². The highest BCUT2D eigenvalue weighted by atomic mass is 35.5. The number of aliphatic hydroxyl groups excluding tert-OH is 1. The molecule has 0 saturated carbocycles. The smallest absolute Gasteiger partial charge is 0.126 e. The summed E-state index contributed by atoms with van der Waals surface area (Å²) in [5, 5.41) is 10.6. The Hall–Kier alpha value is -0.850. The van der Waals surface area contributed by atoms with Gasteiger partial charge in [-0.3, -0.25) is 0 Å². The summed E-state index contributed by atoms with van der Waals surface area (Å²) in [5.41, 5.74) is 0. The highest BCUT2D eigenvalue weighted by molar-refractivity contribution is 6.30. The molecule has 1 atom stereocenters. The SMILES string of the molecule is O[C@H](COCCOc1ccc(Cl)cc1)C[NH+]1CCOCC1. The van der Waals surface area contributed by atoms with Crippen LogP contribution in [0.4, 0.5) is 0 Å². The summed E-state index contributed by atoms with van der Waals surface area (Å²) >= 11 is 5.79. The molecule has 1 aromatic carbocycles. The average Bonchev–Trinajstić information content (AvgIpc) is 2.50. The van der Waals surface area contributed by atoms with E-state index in [-0.39, 0.29) is 0 Å². The molecule has 118 valence electrons. The monoisotopic (exact) mass is 316 g/mol. The predicted octanol–water partition coefficient (Wildman–Crippen LogP) is 0.0114. The third kappa shape index (κ3) is 6.63. The maximum Gasteiger partial charge on any atom is 0.126 e. The standard InChI is InChI=1S/C15H22ClNO4/c16-13-1-3-15(4-2-13)21-10-9-20-12-14(18)11-17-5-7-19-8-6-17/h1-4,14,18H,5-12H2/p+1/t14-/m0/s1. The van der Waals surface area contributed by atoms with E-state index >= 15 is 0 Å². The lowest BCUT2D eigenvalue weighted by atomic mass is 10.3. The first-order valence-corrected chi connectivity index (χ1v) is 7.67. The van der Waals surface area contributed by atoms with E-state index < -0.39 is 6.10 Å². The van der Waals surface area contributed by atoms with E-state index in [1.807, 2.05) is 12.1 Å². The Bertz CT molecular complexity index is 395. The van der Waals surface area contributed by atoms with Crippen LogP contribution in [0, 0.1) is 0 Å². The third-order valence-electron chi connectivity index (χ3n) is 3.34. The van der Waals surface area contributed by atoms with Gasteiger partial charge in [0.2, 0.25) is 0 Å². The molecule has 0 amide bonds. The van der Waals surface area contributed by atoms with Gasteiger partial charge in [-0.15, -0.1) is 0 Å². The maximum atomic E-state index is 9.91. The van der Waals surface area contributed by atoms with Gasteiger partial charge in [0.15, 0.2) is 0 Å². The van der Waals surface area contributed by atoms with Crippen molar-refractivity contribution in [2.75, 3.05) is 52.7 Å². The average molecular weight is 317 g/mol. The molecule has 0 spiro atoms. The zero-order valence-electron chi connectivity index (χ0n) is 12.1. The van der Waals surface area contributed by atoms with Crippen LogP contribution >= 0.6 is 11.6 Å². The van der Waals surface area contributed by atoms with Crippen molar-refractivity contribution in [2.24, 2.45) is 0 Å². The van der Waals surface area contributed by atoms with Crippen LogP contribution in [-0.2, 0) is 9.47 Å². The Morgan fingerprint density at radius 1 is 1.19 bits per heavy atom. The molecule has 0 aliphatic carbocycles. The summed E-state index contributed by atoms with van der Waals surface area (Å²) in [5.74, 6) is 0.765. The number of aliphatic hydroxyl groups is 1. The molecule has 0 bridgehead atoms. The number of morpholine rings is 1. The van der Waals surface area contributed by atoms with Gasteiger partial charge in [-0.2, -0.15) is 0 Å². The summed E-state index contributed by atoms with van der Waals surface area (Å²) < 4.78 is 16.2. The van der Waals surface area contributed by atoms with Gasteiger partial charge in [-0.1, -0.05) is 11.6 Å². The Morgan fingerprint density at radius 3 is 2.62 bits per heavy atom. The molecule has 1 saturated heterocycles. The summed E-state index contributed by atoms with van der Waals surface area (Å²) in [4.78, 5) is 1.37. The number of rotatable bonds is 8. The van der Waals surface area contributed by atoms with E-state index in [1.54, 1.807) is 12.1 Å². The molecule has 1 heterocycles. The molecule has 1 fully saturated rings. The van der Waals surface area contributed by atoms with Crippen LogP contribution in [0.3, 0.4) is 0 Å². The first-order chi connectivity index (χ1) is 10.2. The van der Waals surface area contributed by atoms with E-state index in [0.717, 1.165) is 32.1 Å². The summed E-state index contributed by atoms with van der Waals surface area (Å²) in [6.07, 6.45) is -0.436. The van der Waals surface area contributed by atoms with Crippen LogP contribution in [0.2, 0.25) is 5.02 Å². The predicted molar refractivity (Wildman–Crippen MR) is 80.2 cm³/mol. The van der Waals surface area contributed by atoms with Crippen molar-refractivity contribution < 1.29 is 24.2 Å². The molecular formula is C15H23ClNO4+. The molecule has 21 heavy (non-hydrogen) atoms. The number of benzene rings is 1. The highest BCUT2D eigenvalue weighted by Crippen LogP contribution is 2.15. The third-order valence-corrected chi connectivity index (χ3v) is 3.60. The van der Waals surface area contributed by atoms with Crippen molar-refractivity contribution in [1.82, 2.24) is 0 Å². The van der Waals surface area contributed by atoms with E-state index in [0.29, 0.717) is 31.4 Å². The molecule has 1 aromatic rings. The summed E-state index contributed by atoms with van der Waals surface area (Å²) in [6, 6.07) is 7.21. The van der Waals surface area contributed by atoms with Crippen molar-refractivity contribution in [2.45, 2.75) is 6.10 Å². The van der Waals surface area contributed by atoms with Gasteiger partial charge in [0.1, 0.15) is 38.1 Å². The minimum atomic E-state index is -0.436. The van der Waals surface area contributed by atoms with E-state index in [2.05, 4.69) is 0 Å². The number of quaternary nitrogens is 1. The zero-order valence-corrected chi connectivity index (χ0v) is 12.8. The largest absolute Gasteiger partial charge is 0.491 e. The molecule has 2 rings (SSSR count). The Balaban J connectivity index is 1.51. The minimum absolute atomic E-state index is 0.342. The van der Waals surface area contributed by atoms with E-state index in [4.69, 9.17) is 25.8 Å². The van der Waals surface area contributed by atoms with Crippen molar-refractivity contribution in [3.05, 3.63) is 29.3 Å². The van der Waals surface area contributed by atoms with E-state index in [9.17, 15) is 5.11 Å². The maximum absolute atomic E-state index is 9.91. The van der Waals surface area contributed by atoms with Crippen LogP contribution in [0.15, 0.2) is 24.3 Å². The normalized spacial score (nSPS) is 17.6. The highest BCUT2D eigenvalue weighted by Gasteiger charge is 2.18. The molecule has 0 radical (unpaired) electrons. The second-order valence-corrected chi connectivity index (χ2v) is 5.53. The fraction of sp³-hybridized carbons (Fsp3) is 0.600. The lowest BCUT2D eigenvalue weighted by Gasteiger charge is -2.25. The van der Waals surface area contributed by atoms with Gasteiger partial charge in [0, 0.05) is 5.02 Å². The Labute approximate surface area is 130 Å². The number of hydrogen-bond donors (Lipinski definition) is 2. The van der Waals surface area contributed by atoms with Gasteiger partial charge in [0.25, 0.3) is 0 Å². The molecule has 1 aliphatic heterocycles. The first kappa shape index (κ1) is 16.5. The van der Waals surface area contributed by atoms with Gasteiger partial charge in [-0.25, -0.2) is 0 Å². The number of halogens is 1. The van der Waals surface area contributed by atoms with Crippen LogP contribution in [0.1, 0.15) is 0 Å². The van der Waals surface area contributed by atoms with Crippen molar-refractivity contribution >= 4 is 11.6 Å². The van der Waals surface area contributed by atoms with Crippen LogP contribution in [0.5, 0.6) is 5.75 Å². The van der Waals surface area contributed by atoms with Gasteiger partial charge >= 0.3 is 0 Å². The molecule has 1 aliphatic rings. The van der Waals surface area contributed by atoms with Gasteiger partial charge < -0.3 is 24.2 Å². The summed E-state index contributed by atoms with van der Waals surface area (Å²) in [7, 11) is 0. The zero-order chi connectivity index (χ0) is 14.9. The molecule has 2 N–H and O–H groups in total. The lowest BCUT2D eigenvalue weighted by molar-refractivity contribution is -0.911. The molecule has 0 unspecified atom stereocenters. The molecule has 6 heteroatoms. The second-order valence-electron chi connectivity index (χ2n) is 5.10. The van der Waals surface area contributed by atoms with Gasteiger partial charge in [0.05, 0.1) is 26.4 Å². The second kappa shape index (κ2) is 9.23. The number of nitrogens with one attached hydrogen (secondary N) is 1. The summed E-state index contributed by atoms with van der Waals surface area (Å²) in [6.45, 7) is 5.43. The number of hydrogen-bond acceptors (Lipinski definition) is 4.